The Morgan fingerprint density at radius 2 is 2.26 bits per heavy atom. The molecule has 0 spiro atoms. The third kappa shape index (κ3) is 2.76. The van der Waals surface area contributed by atoms with Crippen LogP contribution in [0, 0.1) is 0 Å². The first-order chi connectivity index (χ1) is 9.16. The molecule has 2 aromatic rings. The highest BCUT2D eigenvalue weighted by Gasteiger charge is 2.37. The first-order valence-corrected chi connectivity index (χ1v) is 7.17. The minimum atomic E-state index is -0.743. The number of nitrogens with zero attached hydrogens (tertiary/aromatic N) is 1. The van der Waals surface area contributed by atoms with E-state index in [1.54, 1.807) is 12.5 Å². The Kier molecular flexibility index (Phi) is 3.48. The topological polar surface area (TPSA) is 36.6 Å². The van der Waals surface area contributed by atoms with Crippen LogP contribution in [0.4, 0.5) is 0 Å². The Hall–Kier alpha value is -1.10. The number of hydrogen-bond acceptors (Lipinski definition) is 3. The SMILES string of the molecule is OC1(c2cccc(Br)c2)CCN(Cc2ccoc2)C1. The van der Waals surface area contributed by atoms with Gasteiger partial charge in [0.15, 0.2) is 0 Å². The molecule has 3 rings (SSSR count). The standard InChI is InChI=1S/C15H16BrNO2/c16-14-3-1-2-13(8-14)15(18)5-6-17(11-15)9-12-4-7-19-10-12/h1-4,7-8,10,18H,5-6,9,11H2. The van der Waals surface area contributed by atoms with Crippen LogP contribution in [0.25, 0.3) is 0 Å². The van der Waals surface area contributed by atoms with Crippen molar-refractivity contribution >= 4 is 15.9 Å². The number of halogens is 1. The molecule has 1 atom stereocenters. The quantitative estimate of drug-likeness (QED) is 0.943. The van der Waals surface area contributed by atoms with Gasteiger partial charge in [0.2, 0.25) is 0 Å². The highest BCUT2D eigenvalue weighted by atomic mass is 79.9. The van der Waals surface area contributed by atoms with Gasteiger partial charge in [-0.1, -0.05) is 28.1 Å². The van der Waals surface area contributed by atoms with Gasteiger partial charge in [0.25, 0.3) is 0 Å². The molecule has 1 N–H and O–H groups in total. The average Bonchev–Trinajstić information content (AvgIpc) is 3.01. The average molecular weight is 322 g/mol. The van der Waals surface area contributed by atoms with Gasteiger partial charge in [0, 0.05) is 29.7 Å². The smallest absolute Gasteiger partial charge is 0.104 e. The normalized spacial score (nSPS) is 23.9. The first kappa shape index (κ1) is 12.9. The zero-order chi connectivity index (χ0) is 13.3. The van der Waals surface area contributed by atoms with Gasteiger partial charge in [0.1, 0.15) is 5.60 Å². The Labute approximate surface area is 121 Å². The number of likely N-dealkylation sites (tertiary alicyclic amines) is 1. The predicted octanol–water partition coefficient (Wildman–Crippen LogP) is 3.14. The van der Waals surface area contributed by atoms with E-state index in [2.05, 4.69) is 20.8 Å². The van der Waals surface area contributed by atoms with Crippen molar-refractivity contribution in [2.24, 2.45) is 0 Å². The van der Waals surface area contributed by atoms with Crippen LogP contribution in [-0.2, 0) is 12.1 Å². The largest absolute Gasteiger partial charge is 0.472 e. The fourth-order valence-electron chi connectivity index (χ4n) is 2.66. The van der Waals surface area contributed by atoms with Crippen molar-refractivity contribution in [2.45, 2.75) is 18.6 Å². The third-order valence-corrected chi connectivity index (χ3v) is 4.17. The van der Waals surface area contributed by atoms with Gasteiger partial charge in [-0.2, -0.15) is 0 Å². The van der Waals surface area contributed by atoms with E-state index in [0.29, 0.717) is 6.54 Å². The van der Waals surface area contributed by atoms with Crippen molar-refractivity contribution in [3.8, 4) is 0 Å². The zero-order valence-corrected chi connectivity index (χ0v) is 12.1. The summed E-state index contributed by atoms with van der Waals surface area (Å²) in [6, 6.07) is 9.91. The molecule has 2 heterocycles. The molecule has 1 aliphatic rings. The summed E-state index contributed by atoms with van der Waals surface area (Å²) in [6.45, 7) is 2.38. The minimum absolute atomic E-state index is 0.661. The Morgan fingerprint density at radius 3 is 3.00 bits per heavy atom. The lowest BCUT2D eigenvalue weighted by Crippen LogP contribution is -2.30. The molecule has 4 heteroatoms. The molecule has 1 aliphatic heterocycles. The van der Waals surface area contributed by atoms with Crippen molar-refractivity contribution in [3.05, 3.63) is 58.5 Å². The highest BCUT2D eigenvalue weighted by molar-refractivity contribution is 9.10. The van der Waals surface area contributed by atoms with E-state index in [1.807, 2.05) is 30.3 Å². The second-order valence-corrected chi connectivity index (χ2v) is 6.05. The van der Waals surface area contributed by atoms with Crippen molar-refractivity contribution in [3.63, 3.8) is 0 Å². The molecule has 0 aliphatic carbocycles. The van der Waals surface area contributed by atoms with Crippen LogP contribution in [0.3, 0.4) is 0 Å². The van der Waals surface area contributed by atoms with E-state index < -0.39 is 5.60 Å². The Balaban J connectivity index is 1.73. The molecule has 0 radical (unpaired) electrons. The molecule has 0 amide bonds. The van der Waals surface area contributed by atoms with E-state index in [0.717, 1.165) is 35.1 Å². The lowest BCUT2D eigenvalue weighted by atomic mass is 9.93. The number of rotatable bonds is 3. The zero-order valence-electron chi connectivity index (χ0n) is 10.6. The van der Waals surface area contributed by atoms with E-state index in [9.17, 15) is 5.11 Å². The third-order valence-electron chi connectivity index (χ3n) is 3.68. The fraction of sp³-hybridized carbons (Fsp3) is 0.333. The number of aliphatic hydroxyl groups is 1. The van der Waals surface area contributed by atoms with Gasteiger partial charge in [0.05, 0.1) is 12.5 Å². The second-order valence-electron chi connectivity index (χ2n) is 5.13. The number of β-amino-alcohol motifs (C(OH)–C–C–N with tert-alkyl or cyclic N) is 1. The van der Waals surface area contributed by atoms with Gasteiger partial charge in [-0.05, 0) is 30.2 Å². The first-order valence-electron chi connectivity index (χ1n) is 6.38. The molecule has 1 fully saturated rings. The highest BCUT2D eigenvalue weighted by Crippen LogP contribution is 2.33. The lowest BCUT2D eigenvalue weighted by Gasteiger charge is -2.24. The van der Waals surface area contributed by atoms with Gasteiger partial charge >= 0.3 is 0 Å². The van der Waals surface area contributed by atoms with Crippen LogP contribution in [0.1, 0.15) is 17.5 Å². The number of hydrogen-bond donors (Lipinski definition) is 1. The van der Waals surface area contributed by atoms with E-state index >= 15 is 0 Å². The molecule has 1 saturated heterocycles. The van der Waals surface area contributed by atoms with E-state index in [-0.39, 0.29) is 0 Å². The van der Waals surface area contributed by atoms with Gasteiger partial charge in [-0.25, -0.2) is 0 Å². The molecule has 19 heavy (non-hydrogen) atoms. The maximum atomic E-state index is 10.8. The van der Waals surface area contributed by atoms with E-state index in [1.165, 1.54) is 0 Å². The summed E-state index contributed by atoms with van der Waals surface area (Å²) in [7, 11) is 0. The summed E-state index contributed by atoms with van der Waals surface area (Å²) in [5.74, 6) is 0. The lowest BCUT2D eigenvalue weighted by molar-refractivity contribution is 0.0452. The van der Waals surface area contributed by atoms with Crippen molar-refractivity contribution in [1.82, 2.24) is 4.90 Å². The van der Waals surface area contributed by atoms with Gasteiger partial charge < -0.3 is 9.52 Å². The molecule has 0 saturated carbocycles. The van der Waals surface area contributed by atoms with Crippen LogP contribution < -0.4 is 0 Å². The van der Waals surface area contributed by atoms with E-state index in [4.69, 9.17) is 4.42 Å². The molecule has 1 unspecified atom stereocenters. The molecule has 1 aromatic carbocycles. The summed E-state index contributed by atoms with van der Waals surface area (Å²) in [5.41, 5.74) is 1.39. The molecule has 1 aromatic heterocycles. The summed E-state index contributed by atoms with van der Waals surface area (Å²) < 4.78 is 6.09. The van der Waals surface area contributed by atoms with Crippen molar-refractivity contribution in [2.75, 3.05) is 13.1 Å². The van der Waals surface area contributed by atoms with Crippen LogP contribution in [0.5, 0.6) is 0 Å². The summed E-state index contributed by atoms with van der Waals surface area (Å²) >= 11 is 3.46. The summed E-state index contributed by atoms with van der Waals surface area (Å²) in [4.78, 5) is 2.26. The fourth-order valence-corrected chi connectivity index (χ4v) is 3.06. The number of benzene rings is 1. The summed E-state index contributed by atoms with van der Waals surface area (Å²) in [6.07, 6.45) is 4.21. The molecular formula is C15H16BrNO2. The van der Waals surface area contributed by atoms with Crippen LogP contribution >= 0.6 is 15.9 Å². The van der Waals surface area contributed by atoms with Crippen LogP contribution in [-0.4, -0.2) is 23.1 Å². The molecule has 3 nitrogen and oxygen atoms in total. The van der Waals surface area contributed by atoms with Crippen molar-refractivity contribution < 1.29 is 9.52 Å². The Bertz CT molecular complexity index is 555. The molecule has 0 bridgehead atoms. The monoisotopic (exact) mass is 321 g/mol. The van der Waals surface area contributed by atoms with Crippen LogP contribution in [0.15, 0.2) is 51.7 Å². The maximum absolute atomic E-state index is 10.8. The Morgan fingerprint density at radius 1 is 1.37 bits per heavy atom. The predicted molar refractivity (Wildman–Crippen MR) is 76.6 cm³/mol. The number of furan rings is 1. The molecular weight excluding hydrogens is 306 g/mol. The molecule has 100 valence electrons. The van der Waals surface area contributed by atoms with Crippen LogP contribution in [0.2, 0.25) is 0 Å². The maximum Gasteiger partial charge on any atom is 0.104 e. The second kappa shape index (κ2) is 5.12. The minimum Gasteiger partial charge on any atom is -0.472 e. The summed E-state index contributed by atoms with van der Waals surface area (Å²) in [5, 5.41) is 10.8. The van der Waals surface area contributed by atoms with Crippen molar-refractivity contribution in [1.29, 1.82) is 0 Å². The van der Waals surface area contributed by atoms with Gasteiger partial charge in [-0.15, -0.1) is 0 Å². The van der Waals surface area contributed by atoms with Gasteiger partial charge in [-0.3, -0.25) is 4.90 Å².